The SMILES string of the molecule is Cc1ccc(CNC(=O)CCCCCN2C(=O)[C@@H]3Cc4ccccc4CN3C2=O)cc1. The average molecular weight is 420 g/mol. The molecule has 6 heteroatoms. The van der Waals surface area contributed by atoms with E-state index in [2.05, 4.69) is 5.32 Å². The number of hydrogen-bond acceptors (Lipinski definition) is 3. The lowest BCUT2D eigenvalue weighted by Gasteiger charge is -2.28. The first-order valence-corrected chi connectivity index (χ1v) is 11.0. The predicted octanol–water partition coefficient (Wildman–Crippen LogP) is 3.56. The van der Waals surface area contributed by atoms with Crippen LogP contribution in [0.5, 0.6) is 0 Å². The third-order valence-electron chi connectivity index (χ3n) is 6.17. The number of imide groups is 1. The molecule has 4 amide bonds. The Morgan fingerprint density at radius 3 is 2.52 bits per heavy atom. The van der Waals surface area contributed by atoms with E-state index in [4.69, 9.17) is 0 Å². The molecule has 1 saturated heterocycles. The van der Waals surface area contributed by atoms with Gasteiger partial charge in [0.1, 0.15) is 6.04 Å². The Hall–Kier alpha value is -3.15. The molecule has 0 spiro atoms. The van der Waals surface area contributed by atoms with Crippen LogP contribution in [-0.2, 0) is 29.1 Å². The molecule has 0 unspecified atom stereocenters. The molecule has 0 bridgehead atoms. The van der Waals surface area contributed by atoms with E-state index in [0.29, 0.717) is 32.5 Å². The van der Waals surface area contributed by atoms with Crippen molar-refractivity contribution < 1.29 is 14.4 Å². The number of benzene rings is 2. The molecule has 162 valence electrons. The first kappa shape index (κ1) is 21.1. The monoisotopic (exact) mass is 419 g/mol. The van der Waals surface area contributed by atoms with E-state index in [1.54, 1.807) is 4.90 Å². The van der Waals surface area contributed by atoms with Gasteiger partial charge in [-0.2, -0.15) is 0 Å². The molecule has 0 aliphatic carbocycles. The molecule has 0 saturated carbocycles. The van der Waals surface area contributed by atoms with Crippen LogP contribution >= 0.6 is 0 Å². The van der Waals surface area contributed by atoms with Gasteiger partial charge < -0.3 is 10.2 Å². The Morgan fingerprint density at radius 2 is 1.74 bits per heavy atom. The maximum absolute atomic E-state index is 12.8. The second-order valence-corrected chi connectivity index (χ2v) is 8.46. The number of nitrogens with one attached hydrogen (secondary N) is 1. The summed E-state index contributed by atoms with van der Waals surface area (Å²) in [6, 6.07) is 15.6. The van der Waals surface area contributed by atoms with Gasteiger partial charge in [0.25, 0.3) is 5.91 Å². The summed E-state index contributed by atoms with van der Waals surface area (Å²) >= 11 is 0. The van der Waals surface area contributed by atoms with Crippen molar-refractivity contribution in [1.82, 2.24) is 15.1 Å². The van der Waals surface area contributed by atoms with Crippen LogP contribution < -0.4 is 5.32 Å². The molecule has 0 radical (unpaired) electrons. The highest BCUT2D eigenvalue weighted by atomic mass is 16.2. The van der Waals surface area contributed by atoms with Crippen LogP contribution in [0.3, 0.4) is 0 Å². The fourth-order valence-corrected chi connectivity index (χ4v) is 4.31. The molecule has 1 fully saturated rings. The van der Waals surface area contributed by atoms with Crippen molar-refractivity contribution in [2.75, 3.05) is 6.54 Å². The van der Waals surface area contributed by atoms with Gasteiger partial charge in [0.15, 0.2) is 0 Å². The molecule has 31 heavy (non-hydrogen) atoms. The maximum atomic E-state index is 12.8. The second kappa shape index (κ2) is 9.33. The van der Waals surface area contributed by atoms with Gasteiger partial charge in [-0.3, -0.25) is 14.5 Å². The first-order chi connectivity index (χ1) is 15.0. The van der Waals surface area contributed by atoms with Gasteiger partial charge in [-0.25, -0.2) is 4.79 Å². The number of hydrogen-bond donors (Lipinski definition) is 1. The molecule has 6 nitrogen and oxygen atoms in total. The fraction of sp³-hybridized carbons (Fsp3) is 0.400. The van der Waals surface area contributed by atoms with E-state index in [-0.39, 0.29) is 23.9 Å². The van der Waals surface area contributed by atoms with Crippen LogP contribution in [0.4, 0.5) is 4.79 Å². The third-order valence-corrected chi connectivity index (χ3v) is 6.17. The lowest BCUT2D eigenvalue weighted by molar-refractivity contribution is -0.128. The zero-order valence-corrected chi connectivity index (χ0v) is 18.0. The lowest BCUT2D eigenvalue weighted by atomic mass is 9.95. The van der Waals surface area contributed by atoms with Crippen LogP contribution in [0.25, 0.3) is 0 Å². The molecule has 1 N–H and O–H groups in total. The Morgan fingerprint density at radius 1 is 1.00 bits per heavy atom. The predicted molar refractivity (Wildman–Crippen MR) is 118 cm³/mol. The summed E-state index contributed by atoms with van der Waals surface area (Å²) in [6.45, 7) is 3.50. The summed E-state index contributed by atoms with van der Waals surface area (Å²) < 4.78 is 0. The van der Waals surface area contributed by atoms with E-state index in [0.717, 1.165) is 36.0 Å². The normalized spacial score (nSPS) is 17.5. The Bertz CT molecular complexity index is 927. The summed E-state index contributed by atoms with van der Waals surface area (Å²) in [5.41, 5.74) is 4.57. The molecule has 2 heterocycles. The van der Waals surface area contributed by atoms with E-state index in [1.165, 1.54) is 10.5 Å². The van der Waals surface area contributed by atoms with Crippen LogP contribution in [0, 0.1) is 6.92 Å². The van der Waals surface area contributed by atoms with Crippen molar-refractivity contribution in [3.63, 3.8) is 0 Å². The topological polar surface area (TPSA) is 69.7 Å². The maximum Gasteiger partial charge on any atom is 0.327 e. The van der Waals surface area contributed by atoms with Gasteiger partial charge in [-0.05, 0) is 36.5 Å². The number of carbonyl (C=O) groups excluding carboxylic acids is 3. The van der Waals surface area contributed by atoms with Gasteiger partial charge in [-0.15, -0.1) is 0 Å². The summed E-state index contributed by atoms with van der Waals surface area (Å²) in [6.07, 6.45) is 3.32. The van der Waals surface area contributed by atoms with Gasteiger partial charge in [0, 0.05) is 32.5 Å². The number of urea groups is 1. The fourth-order valence-electron chi connectivity index (χ4n) is 4.31. The number of carbonyl (C=O) groups is 3. The lowest BCUT2D eigenvalue weighted by Crippen LogP contribution is -2.39. The van der Waals surface area contributed by atoms with Gasteiger partial charge in [0.2, 0.25) is 5.91 Å². The minimum absolute atomic E-state index is 0.0313. The highest BCUT2D eigenvalue weighted by molar-refractivity contribution is 6.04. The number of rotatable bonds is 8. The highest BCUT2D eigenvalue weighted by Crippen LogP contribution is 2.30. The molecular formula is C25H29N3O3. The highest BCUT2D eigenvalue weighted by Gasteiger charge is 2.46. The first-order valence-electron chi connectivity index (χ1n) is 11.0. The average Bonchev–Trinajstić information content (AvgIpc) is 3.01. The zero-order valence-electron chi connectivity index (χ0n) is 18.0. The van der Waals surface area contributed by atoms with Crippen molar-refractivity contribution in [2.24, 2.45) is 0 Å². The molecule has 2 aliphatic heterocycles. The quantitative estimate of drug-likeness (QED) is 0.525. The van der Waals surface area contributed by atoms with Crippen LogP contribution in [-0.4, -0.2) is 40.2 Å². The third kappa shape index (κ3) is 4.79. The van der Waals surface area contributed by atoms with E-state index < -0.39 is 0 Å². The number of aryl methyl sites for hydroxylation is 1. The van der Waals surface area contributed by atoms with Gasteiger partial charge in [-0.1, -0.05) is 60.5 Å². The summed E-state index contributed by atoms with van der Waals surface area (Å²) in [5.74, 6) is -0.0564. The summed E-state index contributed by atoms with van der Waals surface area (Å²) in [7, 11) is 0. The molecule has 4 rings (SSSR count). The Balaban J connectivity index is 1.17. The van der Waals surface area contributed by atoms with Gasteiger partial charge in [0.05, 0.1) is 0 Å². The Kier molecular flexibility index (Phi) is 6.35. The van der Waals surface area contributed by atoms with Crippen molar-refractivity contribution in [1.29, 1.82) is 0 Å². The smallest absolute Gasteiger partial charge is 0.327 e. The molecule has 2 aromatic rings. The summed E-state index contributed by atoms with van der Waals surface area (Å²) in [5, 5.41) is 2.94. The number of nitrogens with zero attached hydrogens (tertiary/aromatic N) is 2. The number of amides is 4. The number of unbranched alkanes of at least 4 members (excludes halogenated alkanes) is 2. The molecular weight excluding hydrogens is 390 g/mol. The van der Waals surface area contributed by atoms with E-state index in [1.807, 2.05) is 55.5 Å². The molecule has 1 atom stereocenters. The second-order valence-electron chi connectivity index (χ2n) is 8.46. The van der Waals surface area contributed by atoms with E-state index in [9.17, 15) is 14.4 Å². The molecule has 2 aromatic carbocycles. The molecule has 0 aromatic heterocycles. The van der Waals surface area contributed by atoms with Crippen molar-refractivity contribution in [3.05, 3.63) is 70.8 Å². The van der Waals surface area contributed by atoms with Gasteiger partial charge >= 0.3 is 6.03 Å². The summed E-state index contributed by atoms with van der Waals surface area (Å²) in [4.78, 5) is 40.7. The van der Waals surface area contributed by atoms with Crippen LogP contribution in [0.15, 0.2) is 48.5 Å². The molecule has 2 aliphatic rings. The standard InChI is InChI=1S/C25H29N3O3/c1-18-10-12-19(13-11-18)16-26-23(29)9-3-2-6-14-27-24(30)22-15-20-7-4-5-8-21(20)17-28(22)25(27)31/h4-5,7-8,10-13,22H,2-3,6,9,14-17H2,1H3,(H,26,29)/t22-/m0/s1. The Labute approximate surface area is 183 Å². The minimum Gasteiger partial charge on any atom is -0.352 e. The van der Waals surface area contributed by atoms with Crippen molar-refractivity contribution in [2.45, 2.75) is 58.2 Å². The van der Waals surface area contributed by atoms with Crippen molar-refractivity contribution in [3.8, 4) is 0 Å². The van der Waals surface area contributed by atoms with Crippen LogP contribution in [0.1, 0.15) is 47.9 Å². The van der Waals surface area contributed by atoms with Crippen LogP contribution in [0.2, 0.25) is 0 Å². The van der Waals surface area contributed by atoms with Crippen molar-refractivity contribution >= 4 is 17.8 Å². The minimum atomic E-state index is -0.366. The van der Waals surface area contributed by atoms with E-state index >= 15 is 0 Å². The zero-order chi connectivity index (χ0) is 21.8. The number of fused-ring (bicyclic) bond motifs is 2. The largest absolute Gasteiger partial charge is 0.352 e.